The summed E-state index contributed by atoms with van der Waals surface area (Å²) in [6.45, 7) is 2.21. The molecule has 1 aromatic rings. The normalized spacial score (nSPS) is 33.9. The topological polar surface area (TPSA) is 108 Å². The maximum absolute atomic E-state index is 14.2. The molecule has 3 amide bonds. The Bertz CT molecular complexity index is 1000. The van der Waals surface area contributed by atoms with Crippen LogP contribution in [0.25, 0.3) is 0 Å². The first-order valence-electron chi connectivity index (χ1n) is 13.8. The maximum atomic E-state index is 14.2. The minimum Gasteiger partial charge on any atom is -0.394 e. The number of aliphatic hydroxyl groups excluding tert-OH is 1. The van der Waals surface area contributed by atoms with Gasteiger partial charge >= 0.3 is 0 Å². The van der Waals surface area contributed by atoms with Gasteiger partial charge in [-0.2, -0.15) is 0 Å². The van der Waals surface area contributed by atoms with E-state index in [9.17, 15) is 19.5 Å². The molecule has 1 aliphatic carbocycles. The zero-order chi connectivity index (χ0) is 26.2. The first-order chi connectivity index (χ1) is 17.9. The van der Waals surface area contributed by atoms with Gasteiger partial charge in [0.15, 0.2) is 0 Å². The molecule has 3 unspecified atom stereocenters. The largest absolute Gasteiger partial charge is 0.394 e. The number of rotatable bonds is 9. The van der Waals surface area contributed by atoms with Crippen molar-refractivity contribution in [3.05, 3.63) is 35.9 Å². The molecular weight excluding hydrogens is 538 g/mol. The van der Waals surface area contributed by atoms with E-state index in [4.69, 9.17) is 4.74 Å². The number of amides is 3. The lowest BCUT2D eigenvalue weighted by molar-refractivity contribution is -0.146. The van der Waals surface area contributed by atoms with Gasteiger partial charge in [-0.15, -0.1) is 0 Å². The molecule has 7 atom stereocenters. The molecule has 202 valence electrons. The summed E-state index contributed by atoms with van der Waals surface area (Å²) in [6, 6.07) is 8.24. The van der Waals surface area contributed by atoms with Crippen LogP contribution in [-0.4, -0.2) is 75.5 Å². The van der Waals surface area contributed by atoms with Crippen molar-refractivity contribution in [2.75, 3.05) is 13.2 Å². The number of nitrogens with one attached hydrogen (secondary N) is 2. The monoisotopic (exact) mass is 575 g/mol. The molecule has 5 rings (SSSR count). The quantitative estimate of drug-likeness (QED) is 0.392. The molecular formula is C28H38BrN3O5. The summed E-state index contributed by atoms with van der Waals surface area (Å²) in [5.41, 5.74) is -0.135. The van der Waals surface area contributed by atoms with Gasteiger partial charge in [0.2, 0.25) is 17.7 Å². The van der Waals surface area contributed by atoms with Crippen molar-refractivity contribution in [1.29, 1.82) is 0 Å². The highest BCUT2D eigenvalue weighted by atomic mass is 79.9. The Morgan fingerprint density at radius 1 is 1.19 bits per heavy atom. The molecule has 0 aromatic heterocycles. The number of likely N-dealkylation sites (tertiary alicyclic amines) is 1. The lowest BCUT2D eigenvalue weighted by atomic mass is 9.70. The van der Waals surface area contributed by atoms with E-state index in [0.29, 0.717) is 19.4 Å². The Balaban J connectivity index is 1.51. The van der Waals surface area contributed by atoms with Crippen LogP contribution >= 0.6 is 15.9 Å². The lowest BCUT2D eigenvalue weighted by Gasteiger charge is -2.38. The highest BCUT2D eigenvalue weighted by Gasteiger charge is 2.77. The van der Waals surface area contributed by atoms with Gasteiger partial charge in [-0.1, -0.05) is 72.4 Å². The predicted octanol–water partition coefficient (Wildman–Crippen LogP) is 2.31. The van der Waals surface area contributed by atoms with Crippen molar-refractivity contribution in [3.63, 3.8) is 0 Å². The second-order valence-electron chi connectivity index (χ2n) is 11.1. The fourth-order valence-electron chi connectivity index (χ4n) is 7.09. The summed E-state index contributed by atoms with van der Waals surface area (Å²) in [5, 5.41) is 16.7. The molecule has 3 N–H and O–H groups in total. The number of carbonyl (C=O) groups excluding carboxylic acids is 3. The Labute approximate surface area is 227 Å². The number of benzene rings is 1. The zero-order valence-electron chi connectivity index (χ0n) is 21.4. The molecule has 0 radical (unpaired) electrons. The third-order valence-electron chi connectivity index (χ3n) is 8.70. The fraction of sp³-hybridized carbons (Fsp3) is 0.679. The number of halogens is 1. The number of carbonyl (C=O) groups is 3. The van der Waals surface area contributed by atoms with Crippen LogP contribution in [0.15, 0.2) is 30.3 Å². The summed E-state index contributed by atoms with van der Waals surface area (Å²) in [6.07, 6.45) is 6.34. The van der Waals surface area contributed by atoms with Crippen molar-refractivity contribution < 1.29 is 24.2 Å². The Hall–Kier alpha value is -1.97. The molecule has 1 spiro atoms. The van der Waals surface area contributed by atoms with Crippen molar-refractivity contribution >= 4 is 33.7 Å². The Morgan fingerprint density at radius 2 is 1.92 bits per heavy atom. The van der Waals surface area contributed by atoms with Crippen LogP contribution in [0.2, 0.25) is 0 Å². The molecule has 8 nitrogen and oxygen atoms in total. The zero-order valence-corrected chi connectivity index (χ0v) is 23.0. The third kappa shape index (κ3) is 4.72. The molecule has 37 heavy (non-hydrogen) atoms. The highest BCUT2D eigenvalue weighted by molar-refractivity contribution is 9.09. The number of hydrogen-bond acceptors (Lipinski definition) is 5. The van der Waals surface area contributed by atoms with Gasteiger partial charge in [0.05, 0.1) is 30.6 Å². The number of fused-ring (bicyclic) bond motifs is 1. The van der Waals surface area contributed by atoms with Gasteiger partial charge in [-0.25, -0.2) is 0 Å². The van der Waals surface area contributed by atoms with E-state index in [2.05, 4.69) is 26.6 Å². The van der Waals surface area contributed by atoms with E-state index in [1.165, 1.54) is 6.42 Å². The fourth-order valence-corrected chi connectivity index (χ4v) is 8.03. The summed E-state index contributed by atoms with van der Waals surface area (Å²) < 4.78 is 6.57. The molecule has 4 fully saturated rings. The van der Waals surface area contributed by atoms with Crippen LogP contribution in [0.4, 0.5) is 0 Å². The van der Waals surface area contributed by atoms with Crippen molar-refractivity contribution in [2.24, 2.45) is 11.8 Å². The second kappa shape index (κ2) is 11.0. The average molecular weight is 577 g/mol. The van der Waals surface area contributed by atoms with E-state index < -0.39 is 35.6 Å². The standard InChI is InChI=1S/C28H38BrN3O5/c1-2-13-30-25(34)21-22-27(36)32(19(16-33)14-17-9-5-3-6-10-17)24(28(22)15-20(29)23(21)37-28)26(35)31-18-11-7-4-8-12-18/h3,5-6,9-10,18-24,33H,2,4,7-8,11-16H2,1H3,(H,30,34)(H,31,35)/t19-,20?,21+,22+,23+,24?,28?/m1/s1. The van der Waals surface area contributed by atoms with E-state index in [1.807, 2.05) is 37.3 Å². The van der Waals surface area contributed by atoms with Crippen LogP contribution in [-0.2, 0) is 25.5 Å². The van der Waals surface area contributed by atoms with Crippen molar-refractivity contribution in [2.45, 2.75) is 92.9 Å². The molecule has 3 saturated heterocycles. The van der Waals surface area contributed by atoms with E-state index in [0.717, 1.165) is 37.7 Å². The Morgan fingerprint density at radius 3 is 2.59 bits per heavy atom. The van der Waals surface area contributed by atoms with Gasteiger partial charge in [-0.3, -0.25) is 14.4 Å². The van der Waals surface area contributed by atoms with Crippen LogP contribution in [0.5, 0.6) is 0 Å². The van der Waals surface area contributed by atoms with Crippen LogP contribution < -0.4 is 10.6 Å². The number of nitrogens with zero attached hydrogens (tertiary/aromatic N) is 1. The van der Waals surface area contributed by atoms with Crippen LogP contribution in [0.3, 0.4) is 0 Å². The van der Waals surface area contributed by atoms with Gasteiger partial charge in [0, 0.05) is 17.4 Å². The van der Waals surface area contributed by atoms with E-state index >= 15 is 0 Å². The lowest BCUT2D eigenvalue weighted by Crippen LogP contribution is -2.60. The van der Waals surface area contributed by atoms with Crippen LogP contribution in [0.1, 0.15) is 57.4 Å². The first-order valence-corrected chi connectivity index (χ1v) is 14.7. The smallest absolute Gasteiger partial charge is 0.246 e. The average Bonchev–Trinajstić information content (AvgIpc) is 3.50. The van der Waals surface area contributed by atoms with Gasteiger partial charge in [-0.05, 0) is 37.7 Å². The van der Waals surface area contributed by atoms with Gasteiger partial charge < -0.3 is 25.4 Å². The first kappa shape index (κ1) is 26.6. The highest BCUT2D eigenvalue weighted by Crippen LogP contribution is 2.60. The molecule has 3 aliphatic heterocycles. The maximum Gasteiger partial charge on any atom is 0.246 e. The SMILES string of the molecule is CCCNC(=O)[C@H]1[C@H]2C(=O)N([C@@H](CO)Cc3ccccc3)C(C(=O)NC3CCCCC3)C23CC(Br)[C@@H]1O3. The summed E-state index contributed by atoms with van der Waals surface area (Å²) >= 11 is 3.71. The number of hydrogen-bond donors (Lipinski definition) is 3. The van der Waals surface area contributed by atoms with Crippen molar-refractivity contribution in [3.8, 4) is 0 Å². The second-order valence-corrected chi connectivity index (χ2v) is 12.2. The van der Waals surface area contributed by atoms with E-state index in [1.54, 1.807) is 4.90 Å². The molecule has 4 aliphatic rings. The van der Waals surface area contributed by atoms with E-state index in [-0.39, 0.29) is 35.2 Å². The number of alkyl halides is 1. The van der Waals surface area contributed by atoms with Gasteiger partial charge in [0.25, 0.3) is 0 Å². The number of ether oxygens (including phenoxy) is 1. The summed E-state index contributed by atoms with van der Waals surface area (Å²) in [4.78, 5) is 43.0. The van der Waals surface area contributed by atoms with Crippen molar-refractivity contribution in [1.82, 2.24) is 15.5 Å². The van der Waals surface area contributed by atoms with Gasteiger partial charge in [0.1, 0.15) is 11.6 Å². The molecule has 1 aromatic carbocycles. The van der Waals surface area contributed by atoms with Crippen LogP contribution in [0, 0.1) is 11.8 Å². The molecule has 3 heterocycles. The predicted molar refractivity (Wildman–Crippen MR) is 142 cm³/mol. The minimum absolute atomic E-state index is 0.0670. The minimum atomic E-state index is -1.10. The third-order valence-corrected chi connectivity index (χ3v) is 9.54. The summed E-state index contributed by atoms with van der Waals surface area (Å²) in [5.74, 6) is -2.13. The summed E-state index contributed by atoms with van der Waals surface area (Å²) in [7, 11) is 0. The number of aliphatic hydroxyl groups is 1. The molecule has 9 heteroatoms. The molecule has 2 bridgehead atoms. The Kier molecular flexibility index (Phi) is 7.93. The molecule has 1 saturated carbocycles.